The minimum Gasteiger partial charge on any atom is -0.390 e. The second kappa shape index (κ2) is 5.63. The minimum atomic E-state index is -1.03. The fraction of sp³-hybridized carbons (Fsp3) is 0.533. The first-order valence-electron chi connectivity index (χ1n) is 6.57. The van der Waals surface area contributed by atoms with Crippen molar-refractivity contribution in [2.45, 2.75) is 44.3 Å². The van der Waals surface area contributed by atoms with E-state index in [1.165, 1.54) is 5.56 Å². The number of aliphatic imine (C=N–C) groups is 1. The summed E-state index contributed by atoms with van der Waals surface area (Å²) in [6.07, 6.45) is 4.40. The Hall–Kier alpha value is -1.19. The van der Waals surface area contributed by atoms with Crippen LogP contribution in [0.2, 0.25) is 0 Å². The molecule has 1 aliphatic rings. The first-order valence-corrected chi connectivity index (χ1v) is 6.57. The van der Waals surface area contributed by atoms with Crippen LogP contribution in [0.25, 0.3) is 0 Å². The molecule has 3 heteroatoms. The molecular formula is C15H21NO2. The fourth-order valence-corrected chi connectivity index (χ4v) is 2.35. The molecule has 1 aromatic rings. The largest absolute Gasteiger partial charge is 0.390 e. The molecule has 0 amide bonds. The molecule has 0 heterocycles. The molecule has 2 N–H and O–H groups in total. The molecule has 98 valence electrons. The van der Waals surface area contributed by atoms with E-state index < -0.39 is 11.7 Å². The van der Waals surface area contributed by atoms with Crippen molar-refractivity contribution < 1.29 is 10.2 Å². The molecular weight excluding hydrogens is 226 g/mol. The van der Waals surface area contributed by atoms with Crippen molar-refractivity contribution in [3.63, 3.8) is 0 Å². The highest BCUT2D eigenvalue weighted by Gasteiger charge is 2.37. The van der Waals surface area contributed by atoms with Crippen LogP contribution in [0.15, 0.2) is 29.3 Å². The number of nitrogens with zero attached hydrogens (tertiary/aromatic N) is 1. The summed E-state index contributed by atoms with van der Waals surface area (Å²) in [5, 5.41) is 20.1. The summed E-state index contributed by atoms with van der Waals surface area (Å²) in [6.45, 7) is 2.32. The van der Waals surface area contributed by atoms with Crippen LogP contribution in [0, 0.1) is 6.92 Å². The van der Waals surface area contributed by atoms with Gasteiger partial charge >= 0.3 is 0 Å². The molecule has 0 saturated heterocycles. The Bertz CT molecular complexity index is 413. The van der Waals surface area contributed by atoms with Gasteiger partial charge in [0.1, 0.15) is 5.60 Å². The van der Waals surface area contributed by atoms with Crippen LogP contribution in [-0.2, 0) is 0 Å². The van der Waals surface area contributed by atoms with Crippen LogP contribution >= 0.6 is 0 Å². The van der Waals surface area contributed by atoms with E-state index >= 15 is 0 Å². The van der Waals surface area contributed by atoms with Crippen LogP contribution in [0.4, 0.5) is 0 Å². The van der Waals surface area contributed by atoms with E-state index in [0.717, 1.165) is 18.4 Å². The Morgan fingerprint density at radius 1 is 1.33 bits per heavy atom. The molecule has 0 radical (unpaired) electrons. The maximum absolute atomic E-state index is 10.3. The molecule has 1 saturated carbocycles. The third-order valence-electron chi connectivity index (χ3n) is 3.64. The van der Waals surface area contributed by atoms with E-state index in [4.69, 9.17) is 0 Å². The van der Waals surface area contributed by atoms with Crippen LogP contribution in [0.1, 0.15) is 36.8 Å². The van der Waals surface area contributed by atoms with Gasteiger partial charge in [0.05, 0.1) is 12.6 Å². The molecule has 18 heavy (non-hydrogen) atoms. The summed E-state index contributed by atoms with van der Waals surface area (Å²) in [7, 11) is 0. The third kappa shape index (κ3) is 3.18. The van der Waals surface area contributed by atoms with Crippen molar-refractivity contribution in [2.75, 3.05) is 6.54 Å². The summed E-state index contributed by atoms with van der Waals surface area (Å²) in [4.78, 5) is 4.28. The van der Waals surface area contributed by atoms with Crippen molar-refractivity contribution in [2.24, 2.45) is 4.99 Å². The molecule has 3 nitrogen and oxygen atoms in total. The molecule has 1 aromatic carbocycles. The van der Waals surface area contributed by atoms with E-state index in [0.29, 0.717) is 12.8 Å². The smallest absolute Gasteiger partial charge is 0.110 e. The first-order chi connectivity index (χ1) is 8.60. The van der Waals surface area contributed by atoms with Gasteiger partial charge in [0, 0.05) is 6.21 Å². The lowest BCUT2D eigenvalue weighted by atomic mass is 9.82. The number of benzene rings is 1. The molecule has 0 spiro atoms. The number of hydrogen-bond donors (Lipinski definition) is 2. The van der Waals surface area contributed by atoms with Gasteiger partial charge in [-0.05, 0) is 25.3 Å². The van der Waals surface area contributed by atoms with Gasteiger partial charge in [-0.2, -0.15) is 0 Å². The topological polar surface area (TPSA) is 52.8 Å². The lowest BCUT2D eigenvalue weighted by molar-refractivity contribution is -0.0921. The van der Waals surface area contributed by atoms with E-state index in [2.05, 4.69) is 4.99 Å². The zero-order chi connectivity index (χ0) is 13.0. The molecule has 1 fully saturated rings. The standard InChI is InChI=1S/C15H21NO2/c1-12-5-7-13(8-6-12)10-16-11-15(18)9-3-2-4-14(15)17/h5-8,10,14,17-18H,2-4,9,11H2,1H3/t14-,15-/m0/s1. The number of hydrogen-bond acceptors (Lipinski definition) is 3. The average molecular weight is 247 g/mol. The Morgan fingerprint density at radius 2 is 2.06 bits per heavy atom. The summed E-state index contributed by atoms with van der Waals surface area (Å²) in [5.41, 5.74) is 1.21. The highest BCUT2D eigenvalue weighted by Crippen LogP contribution is 2.28. The van der Waals surface area contributed by atoms with E-state index in [-0.39, 0.29) is 6.54 Å². The Labute approximate surface area is 108 Å². The minimum absolute atomic E-state index is 0.280. The zero-order valence-electron chi connectivity index (χ0n) is 10.8. The van der Waals surface area contributed by atoms with Gasteiger partial charge in [0.15, 0.2) is 0 Å². The second-order valence-electron chi connectivity index (χ2n) is 5.25. The van der Waals surface area contributed by atoms with Crippen molar-refractivity contribution >= 4 is 6.21 Å². The van der Waals surface area contributed by atoms with Crippen LogP contribution in [0.5, 0.6) is 0 Å². The monoisotopic (exact) mass is 247 g/mol. The second-order valence-corrected chi connectivity index (χ2v) is 5.25. The Balaban J connectivity index is 1.96. The van der Waals surface area contributed by atoms with Gasteiger partial charge in [-0.15, -0.1) is 0 Å². The van der Waals surface area contributed by atoms with Crippen molar-refractivity contribution in [3.8, 4) is 0 Å². The molecule has 2 rings (SSSR count). The zero-order valence-corrected chi connectivity index (χ0v) is 10.8. The highest BCUT2D eigenvalue weighted by atomic mass is 16.3. The van der Waals surface area contributed by atoms with Crippen LogP contribution < -0.4 is 0 Å². The van der Waals surface area contributed by atoms with E-state index in [9.17, 15) is 10.2 Å². The van der Waals surface area contributed by atoms with Gasteiger partial charge in [0.2, 0.25) is 0 Å². The van der Waals surface area contributed by atoms with Crippen molar-refractivity contribution in [3.05, 3.63) is 35.4 Å². The average Bonchev–Trinajstić information content (AvgIpc) is 2.36. The number of aliphatic hydroxyl groups is 2. The van der Waals surface area contributed by atoms with Crippen LogP contribution in [-0.4, -0.2) is 34.7 Å². The maximum atomic E-state index is 10.3. The molecule has 0 bridgehead atoms. The molecule has 1 aliphatic carbocycles. The molecule has 0 aliphatic heterocycles. The summed E-state index contributed by atoms with van der Waals surface area (Å²) >= 11 is 0. The Kier molecular flexibility index (Phi) is 4.15. The fourth-order valence-electron chi connectivity index (χ4n) is 2.35. The summed E-state index contributed by atoms with van der Waals surface area (Å²) in [6, 6.07) is 8.07. The molecule has 0 aromatic heterocycles. The first kappa shape index (κ1) is 13.2. The number of aliphatic hydroxyl groups excluding tert-OH is 1. The van der Waals surface area contributed by atoms with Crippen LogP contribution in [0.3, 0.4) is 0 Å². The van der Waals surface area contributed by atoms with Gasteiger partial charge in [-0.1, -0.05) is 42.7 Å². The van der Waals surface area contributed by atoms with E-state index in [1.54, 1.807) is 6.21 Å². The number of aryl methyl sites for hydroxylation is 1. The predicted molar refractivity (Wildman–Crippen MR) is 73.1 cm³/mol. The van der Waals surface area contributed by atoms with E-state index in [1.807, 2.05) is 31.2 Å². The van der Waals surface area contributed by atoms with Crippen molar-refractivity contribution in [1.29, 1.82) is 0 Å². The lowest BCUT2D eigenvalue weighted by Gasteiger charge is -2.35. The quantitative estimate of drug-likeness (QED) is 0.803. The van der Waals surface area contributed by atoms with Crippen molar-refractivity contribution in [1.82, 2.24) is 0 Å². The molecule has 0 unspecified atom stereocenters. The van der Waals surface area contributed by atoms with Gasteiger partial charge in [-0.3, -0.25) is 4.99 Å². The SMILES string of the molecule is Cc1ccc(C=NC[C@@]2(O)CCCC[C@@H]2O)cc1. The van der Waals surface area contributed by atoms with Gasteiger partial charge < -0.3 is 10.2 Å². The number of rotatable bonds is 3. The lowest BCUT2D eigenvalue weighted by Crippen LogP contribution is -2.47. The Morgan fingerprint density at radius 3 is 2.72 bits per heavy atom. The van der Waals surface area contributed by atoms with Gasteiger partial charge in [-0.25, -0.2) is 0 Å². The van der Waals surface area contributed by atoms with Gasteiger partial charge in [0.25, 0.3) is 0 Å². The highest BCUT2D eigenvalue weighted by molar-refractivity contribution is 5.79. The summed E-state index contributed by atoms with van der Waals surface area (Å²) in [5.74, 6) is 0. The maximum Gasteiger partial charge on any atom is 0.110 e. The molecule has 2 atom stereocenters. The third-order valence-corrected chi connectivity index (χ3v) is 3.64. The normalized spacial score (nSPS) is 28.7. The summed E-state index contributed by atoms with van der Waals surface area (Å²) < 4.78 is 0. The predicted octanol–water partition coefficient (Wildman–Crippen LogP) is 2.08.